The maximum Gasteiger partial charge on any atom is 0.226 e. The van der Waals surface area contributed by atoms with Crippen molar-refractivity contribution in [2.45, 2.75) is 38.0 Å². The molecule has 0 aromatic carbocycles. The predicted molar refractivity (Wildman–Crippen MR) is 72.9 cm³/mol. The summed E-state index contributed by atoms with van der Waals surface area (Å²) in [4.78, 5) is 16.4. The highest BCUT2D eigenvalue weighted by Crippen LogP contribution is 2.40. The number of anilines is 1. The van der Waals surface area contributed by atoms with Crippen LogP contribution < -0.4 is 10.6 Å². The highest BCUT2D eigenvalue weighted by atomic mass is 32.1. The van der Waals surface area contributed by atoms with Crippen LogP contribution in [0.1, 0.15) is 43.7 Å². The quantitative estimate of drug-likeness (QED) is 0.878. The van der Waals surface area contributed by atoms with E-state index in [1.165, 1.54) is 19.3 Å². The van der Waals surface area contributed by atoms with Crippen molar-refractivity contribution in [3.05, 3.63) is 11.1 Å². The van der Waals surface area contributed by atoms with Crippen molar-refractivity contribution >= 4 is 22.4 Å². The van der Waals surface area contributed by atoms with Gasteiger partial charge < -0.3 is 10.6 Å². The van der Waals surface area contributed by atoms with Gasteiger partial charge in [-0.05, 0) is 44.7 Å². The fourth-order valence-electron chi connectivity index (χ4n) is 2.44. The maximum atomic E-state index is 11.9. The van der Waals surface area contributed by atoms with E-state index < -0.39 is 0 Å². The van der Waals surface area contributed by atoms with E-state index >= 15 is 0 Å². The van der Waals surface area contributed by atoms with Crippen molar-refractivity contribution in [3.8, 4) is 0 Å². The van der Waals surface area contributed by atoms with Gasteiger partial charge in [-0.25, -0.2) is 4.98 Å². The molecule has 1 saturated heterocycles. The van der Waals surface area contributed by atoms with Gasteiger partial charge in [0.05, 0.1) is 5.69 Å². The van der Waals surface area contributed by atoms with Gasteiger partial charge >= 0.3 is 0 Å². The molecule has 1 aromatic heterocycles. The Morgan fingerprint density at radius 3 is 3.11 bits per heavy atom. The average Bonchev–Trinajstić information content (AvgIpc) is 3.12. The average molecular weight is 265 g/mol. The van der Waals surface area contributed by atoms with E-state index in [1.807, 2.05) is 0 Å². The molecule has 98 valence electrons. The number of carbonyl (C=O) groups excluding carboxylic acids is 1. The fourth-order valence-corrected chi connectivity index (χ4v) is 3.25. The van der Waals surface area contributed by atoms with E-state index in [-0.39, 0.29) is 5.91 Å². The monoisotopic (exact) mass is 265 g/mol. The summed E-state index contributed by atoms with van der Waals surface area (Å²) < 4.78 is 0. The summed E-state index contributed by atoms with van der Waals surface area (Å²) in [6.07, 6.45) is 5.47. The second-order valence-corrected chi connectivity index (χ2v) is 6.17. The number of hydrogen-bond donors (Lipinski definition) is 2. The molecule has 2 heterocycles. The third-order valence-corrected chi connectivity index (χ3v) is 4.41. The molecule has 0 bridgehead atoms. The van der Waals surface area contributed by atoms with Gasteiger partial charge in [-0.3, -0.25) is 4.79 Å². The number of aromatic nitrogens is 1. The molecule has 0 radical (unpaired) electrons. The lowest BCUT2D eigenvalue weighted by Crippen LogP contribution is -2.32. The molecule has 1 atom stereocenters. The van der Waals surface area contributed by atoms with Crippen LogP contribution in [0.5, 0.6) is 0 Å². The van der Waals surface area contributed by atoms with E-state index in [1.54, 1.807) is 11.3 Å². The van der Waals surface area contributed by atoms with Crippen molar-refractivity contribution in [3.63, 3.8) is 0 Å². The zero-order valence-corrected chi connectivity index (χ0v) is 11.3. The SMILES string of the molecule is O=C(CC1CCCNC1)Nc1nc(C2CC2)cs1. The summed E-state index contributed by atoms with van der Waals surface area (Å²) in [5.41, 5.74) is 1.16. The number of thiazole rings is 1. The molecule has 1 aliphatic carbocycles. The number of nitrogens with zero attached hydrogens (tertiary/aromatic N) is 1. The van der Waals surface area contributed by atoms with Gasteiger partial charge in [0.2, 0.25) is 5.91 Å². The summed E-state index contributed by atoms with van der Waals surface area (Å²) >= 11 is 1.55. The Balaban J connectivity index is 1.49. The normalized spacial score (nSPS) is 23.9. The van der Waals surface area contributed by atoms with Crippen LogP contribution in [-0.4, -0.2) is 24.0 Å². The Hall–Kier alpha value is -0.940. The first-order valence-corrected chi connectivity index (χ1v) is 7.65. The molecule has 4 nitrogen and oxygen atoms in total. The maximum absolute atomic E-state index is 11.9. The molecule has 2 fully saturated rings. The van der Waals surface area contributed by atoms with Gasteiger partial charge in [0, 0.05) is 17.7 Å². The van der Waals surface area contributed by atoms with Gasteiger partial charge in [-0.2, -0.15) is 0 Å². The molecule has 5 heteroatoms. The summed E-state index contributed by atoms with van der Waals surface area (Å²) in [5, 5.41) is 9.12. The lowest BCUT2D eigenvalue weighted by molar-refractivity contribution is -0.117. The zero-order chi connectivity index (χ0) is 12.4. The van der Waals surface area contributed by atoms with E-state index in [0.717, 1.165) is 30.3 Å². The number of piperidine rings is 1. The first-order valence-electron chi connectivity index (χ1n) is 6.77. The number of nitrogens with one attached hydrogen (secondary N) is 2. The smallest absolute Gasteiger partial charge is 0.226 e. The number of carbonyl (C=O) groups is 1. The second-order valence-electron chi connectivity index (χ2n) is 5.32. The number of amides is 1. The molecular weight excluding hydrogens is 246 g/mol. The Labute approximate surface area is 111 Å². The standard InChI is InChI=1S/C13H19N3OS/c17-12(6-9-2-1-5-14-7-9)16-13-15-11(8-18-13)10-3-4-10/h8-10,14H,1-7H2,(H,15,16,17). The number of hydrogen-bond acceptors (Lipinski definition) is 4. The Morgan fingerprint density at radius 1 is 1.50 bits per heavy atom. The van der Waals surface area contributed by atoms with Gasteiger partial charge in [0.1, 0.15) is 0 Å². The Morgan fingerprint density at radius 2 is 2.39 bits per heavy atom. The van der Waals surface area contributed by atoms with Crippen LogP contribution in [0, 0.1) is 5.92 Å². The van der Waals surface area contributed by atoms with Crippen LogP contribution in [0.15, 0.2) is 5.38 Å². The molecule has 1 amide bonds. The van der Waals surface area contributed by atoms with E-state index in [2.05, 4.69) is 21.0 Å². The van der Waals surface area contributed by atoms with Crippen LogP contribution >= 0.6 is 11.3 Å². The van der Waals surface area contributed by atoms with Gasteiger partial charge in [-0.1, -0.05) is 0 Å². The van der Waals surface area contributed by atoms with Gasteiger partial charge in [-0.15, -0.1) is 11.3 Å². The topological polar surface area (TPSA) is 54.0 Å². The van der Waals surface area contributed by atoms with E-state index in [0.29, 0.717) is 18.3 Å². The Kier molecular flexibility index (Phi) is 3.61. The highest BCUT2D eigenvalue weighted by Gasteiger charge is 2.26. The molecule has 1 aromatic rings. The van der Waals surface area contributed by atoms with Crippen molar-refractivity contribution in [2.75, 3.05) is 18.4 Å². The van der Waals surface area contributed by atoms with Gasteiger partial charge in [0.25, 0.3) is 0 Å². The lowest BCUT2D eigenvalue weighted by atomic mass is 9.96. The summed E-state index contributed by atoms with van der Waals surface area (Å²) in [7, 11) is 0. The van der Waals surface area contributed by atoms with Crippen LogP contribution in [0.4, 0.5) is 5.13 Å². The third-order valence-electron chi connectivity index (χ3n) is 3.64. The first-order chi connectivity index (χ1) is 8.81. The minimum absolute atomic E-state index is 0.111. The summed E-state index contributed by atoms with van der Waals surface area (Å²) in [5.74, 6) is 1.26. The first kappa shape index (κ1) is 12.1. The molecule has 2 N–H and O–H groups in total. The van der Waals surface area contributed by atoms with Crippen molar-refractivity contribution < 1.29 is 4.79 Å². The Bertz CT molecular complexity index is 422. The van der Waals surface area contributed by atoms with Crippen molar-refractivity contribution in [1.82, 2.24) is 10.3 Å². The van der Waals surface area contributed by atoms with Crippen LogP contribution in [0.2, 0.25) is 0 Å². The number of rotatable bonds is 4. The van der Waals surface area contributed by atoms with Crippen LogP contribution in [0.3, 0.4) is 0 Å². The zero-order valence-electron chi connectivity index (χ0n) is 10.4. The molecule has 1 saturated carbocycles. The summed E-state index contributed by atoms with van der Waals surface area (Å²) in [6.45, 7) is 2.06. The molecule has 0 spiro atoms. The molecule has 1 aliphatic heterocycles. The van der Waals surface area contributed by atoms with Crippen LogP contribution in [-0.2, 0) is 4.79 Å². The van der Waals surface area contributed by atoms with Crippen LogP contribution in [0.25, 0.3) is 0 Å². The lowest BCUT2D eigenvalue weighted by Gasteiger charge is -2.21. The highest BCUT2D eigenvalue weighted by molar-refractivity contribution is 7.13. The van der Waals surface area contributed by atoms with E-state index in [9.17, 15) is 4.79 Å². The molecule has 2 aliphatic rings. The van der Waals surface area contributed by atoms with Crippen molar-refractivity contribution in [2.24, 2.45) is 5.92 Å². The molecule has 3 rings (SSSR count). The minimum atomic E-state index is 0.111. The fraction of sp³-hybridized carbons (Fsp3) is 0.692. The molecular formula is C13H19N3OS. The predicted octanol–water partition coefficient (Wildman–Crippen LogP) is 2.35. The van der Waals surface area contributed by atoms with E-state index in [4.69, 9.17) is 0 Å². The van der Waals surface area contributed by atoms with Gasteiger partial charge in [0.15, 0.2) is 5.13 Å². The summed E-state index contributed by atoms with van der Waals surface area (Å²) in [6, 6.07) is 0. The molecule has 18 heavy (non-hydrogen) atoms. The third kappa shape index (κ3) is 3.09. The molecule has 1 unspecified atom stereocenters. The second kappa shape index (κ2) is 5.36. The van der Waals surface area contributed by atoms with Crippen molar-refractivity contribution in [1.29, 1.82) is 0 Å². The largest absolute Gasteiger partial charge is 0.316 e. The minimum Gasteiger partial charge on any atom is -0.316 e.